The number of carbonyl (C=O) groups is 1. The lowest BCUT2D eigenvalue weighted by Crippen LogP contribution is -2.42. The molecule has 0 radical (unpaired) electrons. The first-order valence-corrected chi connectivity index (χ1v) is 14.9. The number of carbonyl (C=O) groups excluding carboxylic acids is 1. The van der Waals surface area contributed by atoms with Crippen LogP contribution in [-0.2, 0) is 10.5 Å². The summed E-state index contributed by atoms with van der Waals surface area (Å²) in [7, 11) is 0. The zero-order valence-corrected chi connectivity index (χ0v) is 25.3. The molecule has 7 heteroatoms. The number of allylic oxidation sites excluding steroid dienone is 3. The van der Waals surface area contributed by atoms with E-state index in [0.717, 1.165) is 44.3 Å². The summed E-state index contributed by atoms with van der Waals surface area (Å²) >= 11 is 14.2. The molecule has 0 aromatic heterocycles. The Morgan fingerprint density at radius 1 is 1.05 bits per heavy atom. The molecule has 0 fully saturated rings. The molecule has 0 saturated carbocycles. The molecule has 1 atom stereocenters. The number of nitrogens with zero attached hydrogens (tertiary/aromatic N) is 2. The lowest BCUT2D eigenvalue weighted by molar-refractivity contribution is -0.118. The quantitative estimate of drug-likeness (QED) is 0.302. The third kappa shape index (κ3) is 5.41. The molecule has 2 aliphatic rings. The third-order valence-electron chi connectivity index (χ3n) is 7.67. The molecule has 0 spiro atoms. The molecule has 1 aliphatic carbocycles. The van der Waals surface area contributed by atoms with Crippen molar-refractivity contribution in [3.05, 3.63) is 116 Å². The van der Waals surface area contributed by atoms with E-state index < -0.39 is 5.92 Å². The largest absolute Gasteiger partial charge is 0.384 e. The van der Waals surface area contributed by atoms with Gasteiger partial charge in [0.25, 0.3) is 0 Å². The van der Waals surface area contributed by atoms with Crippen LogP contribution in [0.1, 0.15) is 54.9 Å². The number of anilines is 1. The molecule has 0 bridgehead atoms. The first-order valence-electron chi connectivity index (χ1n) is 13.2. The van der Waals surface area contributed by atoms with E-state index in [2.05, 4.69) is 45.9 Å². The molecule has 3 aromatic carbocycles. The van der Waals surface area contributed by atoms with Crippen LogP contribution in [0.25, 0.3) is 0 Å². The number of thioether (sulfide) groups is 1. The maximum atomic E-state index is 14.0. The lowest BCUT2D eigenvalue weighted by Gasteiger charge is -2.44. The fraction of sp³-hybridized carbons (Fsp3) is 0.273. The van der Waals surface area contributed by atoms with Crippen LogP contribution in [0.2, 0.25) is 10.0 Å². The number of aryl methyl sites for hydroxylation is 1. The van der Waals surface area contributed by atoms with Gasteiger partial charge in [-0.05, 0) is 84.8 Å². The van der Waals surface area contributed by atoms with Gasteiger partial charge >= 0.3 is 0 Å². The number of hydrogen-bond acceptors (Lipinski definition) is 5. The van der Waals surface area contributed by atoms with Crippen LogP contribution in [0, 0.1) is 30.6 Å². The highest BCUT2D eigenvalue weighted by atomic mass is 35.5. The van der Waals surface area contributed by atoms with Gasteiger partial charge in [0.2, 0.25) is 0 Å². The number of rotatable bonds is 5. The molecule has 1 heterocycles. The first-order chi connectivity index (χ1) is 19.0. The fourth-order valence-corrected chi connectivity index (χ4v) is 7.10. The van der Waals surface area contributed by atoms with Crippen molar-refractivity contribution < 1.29 is 4.79 Å². The van der Waals surface area contributed by atoms with E-state index in [4.69, 9.17) is 28.9 Å². The molecule has 1 aliphatic heterocycles. The zero-order chi connectivity index (χ0) is 28.8. The van der Waals surface area contributed by atoms with Crippen molar-refractivity contribution in [2.24, 2.45) is 11.1 Å². The molecule has 4 nitrogen and oxygen atoms in total. The Hall–Kier alpha value is -3.17. The number of halogens is 2. The van der Waals surface area contributed by atoms with Crippen molar-refractivity contribution >= 4 is 46.4 Å². The predicted molar refractivity (Wildman–Crippen MR) is 165 cm³/mol. The Morgan fingerprint density at radius 3 is 2.45 bits per heavy atom. The maximum absolute atomic E-state index is 14.0. The van der Waals surface area contributed by atoms with Gasteiger partial charge < -0.3 is 5.73 Å². The minimum absolute atomic E-state index is 0.0570. The monoisotopic (exact) mass is 587 g/mol. The van der Waals surface area contributed by atoms with Gasteiger partial charge in [-0.2, -0.15) is 5.26 Å². The van der Waals surface area contributed by atoms with Gasteiger partial charge in [-0.3, -0.25) is 9.69 Å². The number of nitrogens with two attached hydrogens (primary N) is 1. The Morgan fingerprint density at radius 2 is 1.77 bits per heavy atom. The highest BCUT2D eigenvalue weighted by Crippen LogP contribution is 2.51. The number of hydrogen-bond donors (Lipinski definition) is 1. The van der Waals surface area contributed by atoms with Crippen LogP contribution in [0.5, 0.6) is 0 Å². The van der Waals surface area contributed by atoms with Gasteiger partial charge in [-0.1, -0.05) is 60.8 Å². The predicted octanol–water partition coefficient (Wildman–Crippen LogP) is 8.84. The Bertz CT molecular complexity index is 1620. The highest BCUT2D eigenvalue weighted by Gasteiger charge is 2.45. The molecular weight excluding hydrogens is 557 g/mol. The van der Waals surface area contributed by atoms with E-state index in [1.54, 1.807) is 17.8 Å². The van der Waals surface area contributed by atoms with E-state index >= 15 is 0 Å². The molecule has 0 saturated heterocycles. The molecule has 3 aromatic rings. The highest BCUT2D eigenvalue weighted by molar-refractivity contribution is 7.98. The van der Waals surface area contributed by atoms with Crippen LogP contribution in [0.4, 0.5) is 5.69 Å². The average molecular weight is 589 g/mol. The summed E-state index contributed by atoms with van der Waals surface area (Å²) in [5.74, 6) is 0.619. The molecule has 1 unspecified atom stereocenters. The Kier molecular flexibility index (Phi) is 7.81. The van der Waals surface area contributed by atoms with Crippen LogP contribution < -0.4 is 10.6 Å². The zero-order valence-electron chi connectivity index (χ0n) is 23.0. The minimum Gasteiger partial charge on any atom is -0.384 e. The normalized spacial score (nSPS) is 18.6. The Labute approximate surface area is 250 Å². The van der Waals surface area contributed by atoms with Gasteiger partial charge in [0, 0.05) is 44.1 Å². The van der Waals surface area contributed by atoms with E-state index in [1.807, 2.05) is 47.4 Å². The fourth-order valence-electron chi connectivity index (χ4n) is 5.84. The van der Waals surface area contributed by atoms with Crippen molar-refractivity contribution in [3.63, 3.8) is 0 Å². The number of nitriles is 1. The smallest absolute Gasteiger partial charge is 0.162 e. The number of ketones is 1. The topological polar surface area (TPSA) is 70.1 Å². The molecule has 5 rings (SSSR count). The minimum atomic E-state index is -0.529. The van der Waals surface area contributed by atoms with Crippen LogP contribution >= 0.6 is 35.0 Å². The maximum Gasteiger partial charge on any atom is 0.162 e. The average Bonchev–Trinajstić information content (AvgIpc) is 2.88. The van der Waals surface area contributed by atoms with Gasteiger partial charge in [-0.25, -0.2) is 0 Å². The second-order valence-corrected chi connectivity index (χ2v) is 13.3. The van der Waals surface area contributed by atoms with Gasteiger partial charge in [0.15, 0.2) is 5.78 Å². The van der Waals surface area contributed by atoms with Crippen LogP contribution in [0.3, 0.4) is 0 Å². The summed E-state index contributed by atoms with van der Waals surface area (Å²) < 4.78 is 0. The van der Waals surface area contributed by atoms with Crippen LogP contribution in [0.15, 0.2) is 88.2 Å². The standard InChI is InChI=1S/C33H31Cl2N3OS/c1-19-12-21(18-40-25-10-8-22(34)9-11-25)20(2)26(13-19)30-27(17-36)32(37)38(24-7-5-6-23(35)14-24)28-15-33(3,4)16-29(39)31(28)30/h5-14,30H,15-16,18,37H2,1-4H3. The van der Waals surface area contributed by atoms with E-state index in [-0.39, 0.29) is 11.2 Å². The van der Waals surface area contributed by atoms with Crippen molar-refractivity contribution in [1.29, 1.82) is 5.26 Å². The van der Waals surface area contributed by atoms with Gasteiger partial charge in [0.05, 0.1) is 17.6 Å². The summed E-state index contributed by atoms with van der Waals surface area (Å²) in [5.41, 5.74) is 13.5. The van der Waals surface area contributed by atoms with E-state index in [0.29, 0.717) is 39.9 Å². The van der Waals surface area contributed by atoms with Crippen molar-refractivity contribution in [2.75, 3.05) is 4.90 Å². The van der Waals surface area contributed by atoms with Crippen molar-refractivity contribution in [2.45, 2.75) is 57.1 Å². The van der Waals surface area contributed by atoms with Crippen molar-refractivity contribution in [1.82, 2.24) is 0 Å². The first kappa shape index (κ1) is 28.4. The lowest BCUT2D eigenvalue weighted by atomic mass is 9.68. The number of benzene rings is 3. The van der Waals surface area contributed by atoms with Gasteiger partial charge in [0.1, 0.15) is 5.82 Å². The molecule has 40 heavy (non-hydrogen) atoms. The van der Waals surface area contributed by atoms with E-state index in [9.17, 15) is 10.1 Å². The summed E-state index contributed by atoms with van der Waals surface area (Å²) in [6.45, 7) is 8.34. The Balaban J connectivity index is 1.67. The molecular formula is C33H31Cl2N3OS. The molecule has 204 valence electrons. The number of Topliss-reactive ketones (excluding diaryl/α,β-unsaturated/α-hetero) is 1. The summed E-state index contributed by atoms with van der Waals surface area (Å²) in [6.07, 6.45) is 1.06. The molecule has 0 amide bonds. The van der Waals surface area contributed by atoms with Gasteiger partial charge in [-0.15, -0.1) is 11.8 Å². The van der Waals surface area contributed by atoms with E-state index in [1.165, 1.54) is 0 Å². The third-order valence-corrected chi connectivity index (χ3v) is 9.21. The summed E-state index contributed by atoms with van der Waals surface area (Å²) in [6, 6.07) is 21.9. The second-order valence-electron chi connectivity index (χ2n) is 11.3. The molecule has 2 N–H and O–H groups in total. The van der Waals surface area contributed by atoms with Crippen LogP contribution in [-0.4, -0.2) is 5.78 Å². The summed E-state index contributed by atoms with van der Waals surface area (Å²) in [4.78, 5) is 17.0. The summed E-state index contributed by atoms with van der Waals surface area (Å²) in [5, 5.41) is 11.8. The second kappa shape index (κ2) is 11.0. The SMILES string of the molecule is Cc1cc(CSc2ccc(Cl)cc2)c(C)c(C2C(C#N)=C(N)N(c3cccc(Cl)c3)C3=C2C(=O)CC(C)(C)C3)c1. The van der Waals surface area contributed by atoms with Crippen molar-refractivity contribution in [3.8, 4) is 6.07 Å².